The predicted octanol–water partition coefficient (Wildman–Crippen LogP) is 3.27. The van der Waals surface area contributed by atoms with E-state index in [1.165, 1.54) is 31.2 Å². The molecule has 1 aliphatic carbocycles. The molecule has 31 heavy (non-hydrogen) atoms. The molecule has 0 radical (unpaired) electrons. The first kappa shape index (κ1) is 20.0. The Morgan fingerprint density at radius 3 is 2.55 bits per heavy atom. The lowest BCUT2D eigenvalue weighted by Gasteiger charge is -2.30. The van der Waals surface area contributed by atoms with Crippen LogP contribution in [0.3, 0.4) is 0 Å². The Labute approximate surface area is 181 Å². The van der Waals surface area contributed by atoms with Crippen molar-refractivity contribution in [3.8, 4) is 0 Å². The van der Waals surface area contributed by atoms with Gasteiger partial charge in [0.1, 0.15) is 0 Å². The normalized spacial score (nSPS) is 15.6. The standard InChI is InChI=1S/C22H29N9/c1-15-9-10-19-16(11-15)12-17(21-24-26-27-30(19)21)13-29(18-7-5-6-8-18)14-20-23-25-28-31(20)22(2,3)4/h9-12,18H,5-8,13-14H2,1-4H3. The van der Waals surface area contributed by atoms with E-state index in [1.54, 1.807) is 0 Å². The third-order valence-corrected chi connectivity index (χ3v) is 6.23. The number of hydrogen-bond donors (Lipinski definition) is 0. The zero-order chi connectivity index (χ0) is 21.6. The molecule has 1 fully saturated rings. The monoisotopic (exact) mass is 419 g/mol. The van der Waals surface area contributed by atoms with Gasteiger partial charge in [-0.05, 0) is 79.6 Å². The summed E-state index contributed by atoms with van der Waals surface area (Å²) in [5.41, 5.74) is 4.03. The highest BCUT2D eigenvalue weighted by Crippen LogP contribution is 2.29. The van der Waals surface area contributed by atoms with Crippen molar-refractivity contribution in [1.82, 2.24) is 45.1 Å². The fourth-order valence-corrected chi connectivity index (χ4v) is 4.71. The van der Waals surface area contributed by atoms with Gasteiger partial charge < -0.3 is 0 Å². The van der Waals surface area contributed by atoms with Gasteiger partial charge in [-0.3, -0.25) is 4.90 Å². The maximum absolute atomic E-state index is 4.36. The molecule has 0 atom stereocenters. The first-order valence-corrected chi connectivity index (χ1v) is 11.0. The minimum atomic E-state index is -0.162. The van der Waals surface area contributed by atoms with Gasteiger partial charge in [-0.15, -0.1) is 10.2 Å². The summed E-state index contributed by atoms with van der Waals surface area (Å²) in [4.78, 5) is 2.51. The molecule has 0 bridgehead atoms. The highest BCUT2D eigenvalue weighted by Gasteiger charge is 2.28. The molecule has 9 heteroatoms. The molecule has 0 spiro atoms. The average Bonchev–Trinajstić information content (AvgIpc) is 3.47. The molecule has 0 amide bonds. The molecule has 5 rings (SSSR count). The Morgan fingerprint density at radius 1 is 1.00 bits per heavy atom. The number of nitrogens with zero attached hydrogens (tertiary/aromatic N) is 9. The topological polar surface area (TPSA) is 89.9 Å². The molecule has 9 nitrogen and oxygen atoms in total. The summed E-state index contributed by atoms with van der Waals surface area (Å²) in [6, 6.07) is 9.13. The number of aryl methyl sites for hydroxylation is 1. The first-order valence-electron chi connectivity index (χ1n) is 11.0. The smallest absolute Gasteiger partial charge is 0.184 e. The van der Waals surface area contributed by atoms with E-state index in [0.29, 0.717) is 12.6 Å². The van der Waals surface area contributed by atoms with Crippen LogP contribution < -0.4 is 0 Å². The van der Waals surface area contributed by atoms with Gasteiger partial charge in [0, 0.05) is 23.5 Å². The summed E-state index contributed by atoms with van der Waals surface area (Å²) in [6.45, 7) is 9.96. The fourth-order valence-electron chi connectivity index (χ4n) is 4.71. The number of aromatic nitrogens is 8. The number of fused-ring (bicyclic) bond motifs is 3. The van der Waals surface area contributed by atoms with Gasteiger partial charge >= 0.3 is 0 Å². The lowest BCUT2D eigenvalue weighted by atomic mass is 10.1. The Bertz CT molecular complexity index is 1210. The van der Waals surface area contributed by atoms with Gasteiger partial charge in [0.2, 0.25) is 0 Å². The second kappa shape index (κ2) is 7.64. The Kier molecular flexibility index (Phi) is 4.92. The van der Waals surface area contributed by atoms with E-state index < -0.39 is 0 Å². The third-order valence-electron chi connectivity index (χ3n) is 6.23. The SMILES string of the molecule is Cc1ccc2c(c1)cc(CN(Cc1nnnn1C(C)(C)C)C1CCCC1)c1nnnn12. The van der Waals surface area contributed by atoms with Crippen LogP contribution in [0.5, 0.6) is 0 Å². The number of hydrogen-bond acceptors (Lipinski definition) is 7. The summed E-state index contributed by atoms with van der Waals surface area (Å²) in [5, 5.41) is 26.3. The van der Waals surface area contributed by atoms with Crippen LogP contribution in [0.15, 0.2) is 24.3 Å². The van der Waals surface area contributed by atoms with Crippen LogP contribution in [0, 0.1) is 6.92 Å². The summed E-state index contributed by atoms with van der Waals surface area (Å²) in [5.74, 6) is 0.895. The quantitative estimate of drug-likeness (QED) is 0.490. The van der Waals surface area contributed by atoms with Gasteiger partial charge in [0.05, 0.1) is 17.6 Å². The van der Waals surface area contributed by atoms with Crippen LogP contribution in [0.2, 0.25) is 0 Å². The van der Waals surface area contributed by atoms with Crippen LogP contribution in [0.1, 0.15) is 63.4 Å². The van der Waals surface area contributed by atoms with Crippen LogP contribution in [0.25, 0.3) is 16.6 Å². The van der Waals surface area contributed by atoms with E-state index >= 15 is 0 Å². The highest BCUT2D eigenvalue weighted by atomic mass is 15.6. The zero-order valence-corrected chi connectivity index (χ0v) is 18.7. The second-order valence-corrected chi connectivity index (χ2v) is 9.67. The number of rotatable bonds is 5. The minimum Gasteiger partial charge on any atom is -0.288 e. The summed E-state index contributed by atoms with van der Waals surface area (Å²) >= 11 is 0. The van der Waals surface area contributed by atoms with Gasteiger partial charge in [-0.1, -0.05) is 24.5 Å². The summed E-state index contributed by atoms with van der Waals surface area (Å²) in [7, 11) is 0. The van der Waals surface area contributed by atoms with Crippen molar-refractivity contribution in [2.45, 2.75) is 78.0 Å². The van der Waals surface area contributed by atoms with Crippen LogP contribution >= 0.6 is 0 Å². The molecule has 1 aliphatic rings. The van der Waals surface area contributed by atoms with Gasteiger partial charge in [0.15, 0.2) is 11.5 Å². The molecule has 0 saturated heterocycles. The second-order valence-electron chi connectivity index (χ2n) is 9.67. The largest absolute Gasteiger partial charge is 0.288 e. The molecule has 0 N–H and O–H groups in total. The van der Waals surface area contributed by atoms with Crippen molar-refractivity contribution in [3.05, 3.63) is 41.2 Å². The average molecular weight is 420 g/mol. The zero-order valence-electron chi connectivity index (χ0n) is 18.7. The Morgan fingerprint density at radius 2 is 1.77 bits per heavy atom. The van der Waals surface area contributed by atoms with Crippen molar-refractivity contribution < 1.29 is 0 Å². The van der Waals surface area contributed by atoms with E-state index in [9.17, 15) is 0 Å². The number of benzene rings is 1. The molecule has 0 unspecified atom stereocenters. The molecule has 1 saturated carbocycles. The molecule has 4 aromatic rings. The number of pyridine rings is 1. The maximum Gasteiger partial charge on any atom is 0.184 e. The summed E-state index contributed by atoms with van der Waals surface area (Å²) in [6.07, 6.45) is 4.93. The fraction of sp³-hybridized carbons (Fsp3) is 0.545. The minimum absolute atomic E-state index is 0.162. The van der Waals surface area contributed by atoms with E-state index in [-0.39, 0.29) is 5.54 Å². The lowest BCUT2D eigenvalue weighted by Crippen LogP contribution is -2.35. The van der Waals surface area contributed by atoms with Crippen molar-refractivity contribution in [3.63, 3.8) is 0 Å². The van der Waals surface area contributed by atoms with E-state index in [2.05, 4.69) is 87.9 Å². The molecule has 3 heterocycles. The maximum atomic E-state index is 4.36. The van der Waals surface area contributed by atoms with Crippen LogP contribution in [0.4, 0.5) is 0 Å². The Balaban J connectivity index is 1.55. The molecule has 162 valence electrons. The predicted molar refractivity (Wildman–Crippen MR) is 117 cm³/mol. The number of tetrazole rings is 2. The molecular formula is C22H29N9. The highest BCUT2D eigenvalue weighted by molar-refractivity contribution is 5.83. The van der Waals surface area contributed by atoms with Crippen LogP contribution in [-0.4, -0.2) is 51.2 Å². The summed E-state index contributed by atoms with van der Waals surface area (Å²) < 4.78 is 3.79. The Hall–Kier alpha value is -2.94. The van der Waals surface area contributed by atoms with Crippen molar-refractivity contribution >= 4 is 16.6 Å². The first-order chi connectivity index (χ1) is 14.9. The van der Waals surface area contributed by atoms with Gasteiger partial charge in [-0.25, -0.2) is 4.68 Å². The van der Waals surface area contributed by atoms with E-state index in [4.69, 9.17) is 0 Å². The van der Waals surface area contributed by atoms with Crippen LogP contribution in [-0.2, 0) is 18.6 Å². The molecule has 1 aromatic carbocycles. The van der Waals surface area contributed by atoms with Crippen molar-refractivity contribution in [1.29, 1.82) is 0 Å². The van der Waals surface area contributed by atoms with E-state index in [0.717, 1.165) is 34.5 Å². The van der Waals surface area contributed by atoms with Gasteiger partial charge in [-0.2, -0.15) is 4.52 Å². The van der Waals surface area contributed by atoms with E-state index in [1.807, 2.05) is 9.20 Å². The molecular weight excluding hydrogens is 390 g/mol. The van der Waals surface area contributed by atoms with Crippen molar-refractivity contribution in [2.24, 2.45) is 0 Å². The third kappa shape index (κ3) is 3.78. The van der Waals surface area contributed by atoms with Gasteiger partial charge in [0.25, 0.3) is 0 Å². The van der Waals surface area contributed by atoms with Crippen molar-refractivity contribution in [2.75, 3.05) is 0 Å². The molecule has 3 aromatic heterocycles. The lowest BCUT2D eigenvalue weighted by molar-refractivity contribution is 0.168. The molecule has 0 aliphatic heterocycles.